The van der Waals surface area contributed by atoms with Crippen LogP contribution in [0.1, 0.15) is 22.7 Å². The summed E-state index contributed by atoms with van der Waals surface area (Å²) in [4.78, 5) is 42.0. The van der Waals surface area contributed by atoms with Gasteiger partial charge in [0, 0.05) is 41.3 Å². The van der Waals surface area contributed by atoms with Crippen LogP contribution in [-0.2, 0) is 16.0 Å². The lowest BCUT2D eigenvalue weighted by atomic mass is 9.94. The molecule has 1 atom stereocenters. The molecule has 1 aromatic heterocycles. The molecule has 0 saturated carbocycles. The number of benzene rings is 3. The number of Topliss-reactive ketones (excluding diaryl/α,β-unsaturated/α-hetero) is 1. The molecule has 1 fully saturated rings. The van der Waals surface area contributed by atoms with Gasteiger partial charge in [-0.3, -0.25) is 19.7 Å². The smallest absolute Gasteiger partial charge is 0.295 e. The van der Waals surface area contributed by atoms with Crippen molar-refractivity contribution in [3.05, 3.63) is 99.2 Å². The molecule has 1 aliphatic heterocycles. The minimum Gasteiger partial charge on any atom is -0.507 e. The van der Waals surface area contributed by atoms with Crippen molar-refractivity contribution < 1.29 is 33.8 Å². The molecule has 3 aromatic carbocycles. The first kappa shape index (κ1) is 27.3. The number of aromatic nitrogens is 1. The molecule has 0 unspecified atom stereocenters. The van der Waals surface area contributed by atoms with Crippen LogP contribution in [0.3, 0.4) is 0 Å². The van der Waals surface area contributed by atoms with Crippen LogP contribution in [0.5, 0.6) is 17.2 Å². The molecular formula is C30H27N3O8. The lowest BCUT2D eigenvalue weighted by Crippen LogP contribution is -2.31. The first-order valence-corrected chi connectivity index (χ1v) is 12.7. The third kappa shape index (κ3) is 4.93. The largest absolute Gasteiger partial charge is 0.507 e. The number of fused-ring (bicyclic) bond motifs is 1. The van der Waals surface area contributed by atoms with E-state index in [0.717, 1.165) is 16.5 Å². The number of amides is 1. The van der Waals surface area contributed by atoms with Crippen LogP contribution in [0.2, 0.25) is 0 Å². The van der Waals surface area contributed by atoms with Crippen molar-refractivity contribution in [2.45, 2.75) is 12.5 Å². The second kappa shape index (κ2) is 11.0. The number of aliphatic hydroxyl groups excluding tert-OH is 1. The molecular weight excluding hydrogens is 530 g/mol. The van der Waals surface area contributed by atoms with Crippen LogP contribution in [0, 0.1) is 10.1 Å². The van der Waals surface area contributed by atoms with Gasteiger partial charge in [0.2, 0.25) is 0 Å². The van der Waals surface area contributed by atoms with Gasteiger partial charge in [-0.1, -0.05) is 6.07 Å². The van der Waals surface area contributed by atoms with E-state index >= 15 is 0 Å². The number of H-pyrrole nitrogens is 1. The van der Waals surface area contributed by atoms with Gasteiger partial charge in [-0.05, 0) is 60.0 Å². The second-order valence-corrected chi connectivity index (χ2v) is 9.39. The maximum Gasteiger partial charge on any atom is 0.295 e. The Morgan fingerprint density at radius 2 is 1.71 bits per heavy atom. The van der Waals surface area contributed by atoms with E-state index in [-0.39, 0.29) is 23.4 Å². The summed E-state index contributed by atoms with van der Waals surface area (Å²) in [6, 6.07) is 14.8. The highest BCUT2D eigenvalue weighted by Crippen LogP contribution is 2.42. The summed E-state index contributed by atoms with van der Waals surface area (Å²) in [5.74, 6) is -0.539. The number of aliphatic hydroxyl groups is 1. The van der Waals surface area contributed by atoms with Crippen molar-refractivity contribution in [1.82, 2.24) is 9.88 Å². The minimum atomic E-state index is -0.954. The Bertz CT molecular complexity index is 1690. The number of non-ortho nitro benzene ring substituents is 1. The zero-order chi connectivity index (χ0) is 29.3. The van der Waals surface area contributed by atoms with Gasteiger partial charge in [0.25, 0.3) is 17.4 Å². The third-order valence-corrected chi connectivity index (χ3v) is 7.21. The fourth-order valence-electron chi connectivity index (χ4n) is 5.11. The Kier molecular flexibility index (Phi) is 7.34. The Labute approximate surface area is 234 Å². The quantitative estimate of drug-likeness (QED) is 0.0985. The number of nitro groups is 1. The highest BCUT2D eigenvalue weighted by Gasteiger charge is 2.46. The number of ketones is 1. The number of hydrogen-bond acceptors (Lipinski definition) is 8. The summed E-state index contributed by atoms with van der Waals surface area (Å²) in [6.45, 7) is 0.158. The number of hydrogen-bond donors (Lipinski definition) is 2. The summed E-state index contributed by atoms with van der Waals surface area (Å²) >= 11 is 0. The van der Waals surface area contributed by atoms with Gasteiger partial charge in [-0.2, -0.15) is 0 Å². The summed E-state index contributed by atoms with van der Waals surface area (Å²) in [6.07, 6.45) is 2.25. The summed E-state index contributed by atoms with van der Waals surface area (Å²) in [5, 5.41) is 23.3. The number of methoxy groups -OCH3 is 3. The fourth-order valence-corrected chi connectivity index (χ4v) is 5.11. The highest BCUT2D eigenvalue weighted by atomic mass is 16.6. The predicted octanol–water partition coefficient (Wildman–Crippen LogP) is 4.77. The molecule has 0 bridgehead atoms. The van der Waals surface area contributed by atoms with Crippen LogP contribution in [0.4, 0.5) is 5.69 Å². The number of nitrogens with one attached hydrogen (secondary N) is 1. The standard InChI is InChI=1S/C30H27N3O8/c1-39-21-9-10-23-22(15-21)19(16-31-23)12-13-32-27(18-6-11-24(40-2)25(14-18)41-3)26(29(35)30(32)36)28(34)17-4-7-20(8-5-17)33(37)38/h4-11,14-16,27,31,34H,12-13H2,1-3H3/t27-/m0/s1. The molecule has 11 heteroatoms. The van der Waals surface area contributed by atoms with E-state index in [1.165, 1.54) is 43.4 Å². The van der Waals surface area contributed by atoms with E-state index in [4.69, 9.17) is 14.2 Å². The van der Waals surface area contributed by atoms with Crippen molar-refractivity contribution >= 4 is 34.0 Å². The summed E-state index contributed by atoms with van der Waals surface area (Å²) in [7, 11) is 4.55. The summed E-state index contributed by atoms with van der Waals surface area (Å²) < 4.78 is 16.2. The molecule has 1 amide bonds. The van der Waals surface area contributed by atoms with E-state index in [0.29, 0.717) is 29.2 Å². The number of nitrogens with zero attached hydrogens (tertiary/aromatic N) is 2. The van der Waals surface area contributed by atoms with Crippen LogP contribution < -0.4 is 14.2 Å². The fraction of sp³-hybridized carbons (Fsp3) is 0.200. The van der Waals surface area contributed by atoms with Gasteiger partial charge in [-0.25, -0.2) is 0 Å². The maximum absolute atomic E-state index is 13.4. The van der Waals surface area contributed by atoms with Crippen LogP contribution in [0.15, 0.2) is 72.4 Å². The molecule has 0 spiro atoms. The second-order valence-electron chi connectivity index (χ2n) is 9.39. The monoisotopic (exact) mass is 557 g/mol. The maximum atomic E-state index is 13.4. The molecule has 0 radical (unpaired) electrons. The third-order valence-electron chi connectivity index (χ3n) is 7.21. The first-order valence-electron chi connectivity index (χ1n) is 12.7. The van der Waals surface area contributed by atoms with Crippen molar-refractivity contribution in [3.63, 3.8) is 0 Å². The van der Waals surface area contributed by atoms with E-state index < -0.39 is 28.4 Å². The van der Waals surface area contributed by atoms with Gasteiger partial charge in [-0.15, -0.1) is 0 Å². The van der Waals surface area contributed by atoms with Gasteiger partial charge in [0.1, 0.15) is 11.5 Å². The van der Waals surface area contributed by atoms with Crippen molar-refractivity contribution in [3.8, 4) is 17.2 Å². The molecule has 4 aromatic rings. The number of aromatic amines is 1. The Morgan fingerprint density at radius 1 is 0.976 bits per heavy atom. The Hall–Kier alpha value is -5.32. The average molecular weight is 558 g/mol. The molecule has 210 valence electrons. The molecule has 1 aliphatic rings. The average Bonchev–Trinajstić information content (AvgIpc) is 3.52. The molecule has 1 saturated heterocycles. The van der Waals surface area contributed by atoms with E-state index in [2.05, 4.69) is 4.98 Å². The van der Waals surface area contributed by atoms with Crippen molar-refractivity contribution in [2.75, 3.05) is 27.9 Å². The van der Waals surface area contributed by atoms with Crippen LogP contribution in [0.25, 0.3) is 16.7 Å². The van der Waals surface area contributed by atoms with Crippen molar-refractivity contribution in [1.29, 1.82) is 0 Å². The molecule has 11 nitrogen and oxygen atoms in total. The number of carbonyl (C=O) groups is 2. The number of likely N-dealkylation sites (tertiary alicyclic amines) is 1. The van der Waals surface area contributed by atoms with Gasteiger partial charge >= 0.3 is 0 Å². The normalized spacial score (nSPS) is 16.3. The van der Waals surface area contributed by atoms with E-state index in [1.54, 1.807) is 25.3 Å². The molecule has 41 heavy (non-hydrogen) atoms. The summed E-state index contributed by atoms with van der Waals surface area (Å²) in [5.41, 5.74) is 2.21. The topological polar surface area (TPSA) is 144 Å². The molecule has 2 N–H and O–H groups in total. The predicted molar refractivity (Wildman–Crippen MR) is 150 cm³/mol. The zero-order valence-electron chi connectivity index (χ0n) is 22.5. The highest BCUT2D eigenvalue weighted by molar-refractivity contribution is 6.46. The number of nitro benzene ring substituents is 1. The number of carbonyl (C=O) groups excluding carboxylic acids is 2. The molecule has 5 rings (SSSR count). The van der Waals surface area contributed by atoms with Crippen LogP contribution >= 0.6 is 0 Å². The Balaban J connectivity index is 1.59. The van der Waals surface area contributed by atoms with E-state index in [1.807, 2.05) is 24.4 Å². The van der Waals surface area contributed by atoms with Gasteiger partial charge in [0.15, 0.2) is 11.5 Å². The lowest BCUT2D eigenvalue weighted by molar-refractivity contribution is -0.384. The minimum absolute atomic E-state index is 0.128. The molecule has 0 aliphatic carbocycles. The first-order chi connectivity index (χ1) is 19.8. The van der Waals surface area contributed by atoms with E-state index in [9.17, 15) is 24.8 Å². The number of rotatable bonds is 9. The zero-order valence-corrected chi connectivity index (χ0v) is 22.5. The van der Waals surface area contributed by atoms with Gasteiger partial charge in [0.05, 0.1) is 37.9 Å². The lowest BCUT2D eigenvalue weighted by Gasteiger charge is -2.26. The van der Waals surface area contributed by atoms with Gasteiger partial charge < -0.3 is 29.2 Å². The van der Waals surface area contributed by atoms with Crippen molar-refractivity contribution in [2.24, 2.45) is 0 Å². The Morgan fingerprint density at radius 3 is 2.37 bits per heavy atom. The number of ether oxygens (including phenoxy) is 3. The molecule has 2 heterocycles. The SMILES string of the molecule is COc1ccc2[nH]cc(CCN3C(=O)C(=O)C(=C(O)c4ccc([N+](=O)[O-])cc4)[C@@H]3c3ccc(OC)c(OC)c3)c2c1. The van der Waals surface area contributed by atoms with Crippen LogP contribution in [-0.4, -0.2) is 59.5 Å².